The largest absolute Gasteiger partial charge is 0.364 e. The minimum atomic E-state index is -1.72. The van der Waals surface area contributed by atoms with E-state index in [0.717, 1.165) is 0 Å². The Morgan fingerprint density at radius 3 is 2.70 bits per heavy atom. The molecule has 1 rings (SSSR count). The Labute approximate surface area is 58.2 Å². The first kappa shape index (κ1) is 7.47. The van der Waals surface area contributed by atoms with E-state index in [1.165, 1.54) is 0 Å². The number of nitrogens with one attached hydrogen (secondary N) is 1. The lowest BCUT2D eigenvalue weighted by Gasteiger charge is -2.34. The fourth-order valence-corrected chi connectivity index (χ4v) is 1.12. The quantitative estimate of drug-likeness (QED) is 0.543. The van der Waals surface area contributed by atoms with Gasteiger partial charge in [-0.05, 0) is 12.8 Å². The third-order valence-corrected chi connectivity index (χ3v) is 1.87. The Balaban J connectivity index is 2.11. The van der Waals surface area contributed by atoms with Crippen LogP contribution in [-0.2, 0) is 4.79 Å². The van der Waals surface area contributed by atoms with Crippen molar-refractivity contribution in [2.24, 2.45) is 5.92 Å². The zero-order valence-electron chi connectivity index (χ0n) is 5.46. The molecule has 1 saturated carbocycles. The molecule has 0 heterocycles. The normalized spacial score (nSPS) is 34.2. The topological polar surface area (TPSA) is 49.3 Å². The predicted molar refractivity (Wildman–Crippen MR) is 32.8 cm³/mol. The first-order valence-corrected chi connectivity index (χ1v) is 3.26. The van der Waals surface area contributed by atoms with Crippen molar-refractivity contribution in [3.8, 4) is 0 Å². The molecule has 1 aliphatic rings. The predicted octanol–water partition coefficient (Wildman–Crippen LogP) is -0.201. The molecule has 3 nitrogen and oxygen atoms in total. The Kier molecular flexibility index (Phi) is 2.21. The summed E-state index contributed by atoms with van der Waals surface area (Å²) in [6.45, 7) is 0. The van der Waals surface area contributed by atoms with E-state index in [9.17, 15) is 9.18 Å². The van der Waals surface area contributed by atoms with Crippen molar-refractivity contribution in [3.05, 3.63) is 0 Å². The molecule has 1 amide bonds. The molecule has 1 unspecified atom stereocenters. The second kappa shape index (κ2) is 2.96. The summed E-state index contributed by atoms with van der Waals surface area (Å²) in [5.41, 5.74) is 0. The van der Waals surface area contributed by atoms with Crippen LogP contribution in [0.2, 0.25) is 0 Å². The number of aliphatic hydroxyl groups is 1. The number of alkyl halides is 1. The summed E-state index contributed by atoms with van der Waals surface area (Å²) in [4.78, 5) is 9.82. The summed E-state index contributed by atoms with van der Waals surface area (Å²) in [6, 6.07) is 0.0768. The van der Waals surface area contributed by atoms with Crippen molar-refractivity contribution in [1.82, 2.24) is 5.32 Å². The number of carbonyl (C=O) groups excluding carboxylic acids is 1. The Hall–Kier alpha value is -0.640. The highest BCUT2D eigenvalue weighted by molar-refractivity contribution is 5.46. The molecule has 0 aromatic heterocycles. The van der Waals surface area contributed by atoms with E-state index in [2.05, 4.69) is 5.32 Å². The molecule has 0 radical (unpaired) electrons. The Bertz CT molecular complexity index is 123. The van der Waals surface area contributed by atoms with Crippen LogP contribution >= 0.6 is 0 Å². The van der Waals surface area contributed by atoms with Crippen LogP contribution in [0, 0.1) is 5.92 Å². The number of carbonyl (C=O) groups is 1. The number of halogens is 1. The SMILES string of the molecule is O=CNC1CC(C(O)F)C1. The maximum atomic E-state index is 12.0. The van der Waals surface area contributed by atoms with E-state index in [1.54, 1.807) is 0 Å². The van der Waals surface area contributed by atoms with Gasteiger partial charge in [0, 0.05) is 12.0 Å². The van der Waals surface area contributed by atoms with Gasteiger partial charge in [-0.15, -0.1) is 0 Å². The molecule has 58 valence electrons. The summed E-state index contributed by atoms with van der Waals surface area (Å²) >= 11 is 0. The molecule has 1 atom stereocenters. The molecular formula is C6H10FNO2. The third kappa shape index (κ3) is 1.44. The van der Waals surface area contributed by atoms with Crippen LogP contribution < -0.4 is 5.32 Å². The second-order valence-corrected chi connectivity index (χ2v) is 2.59. The average Bonchev–Trinajstić information content (AvgIpc) is 1.76. The van der Waals surface area contributed by atoms with Gasteiger partial charge in [-0.1, -0.05) is 0 Å². The van der Waals surface area contributed by atoms with Gasteiger partial charge in [0.15, 0.2) is 6.36 Å². The second-order valence-electron chi connectivity index (χ2n) is 2.59. The van der Waals surface area contributed by atoms with Crippen molar-refractivity contribution in [1.29, 1.82) is 0 Å². The molecule has 0 aromatic carbocycles. The molecular weight excluding hydrogens is 137 g/mol. The number of amides is 1. The summed E-state index contributed by atoms with van der Waals surface area (Å²) in [6.07, 6.45) is -0.0112. The summed E-state index contributed by atoms with van der Waals surface area (Å²) in [5.74, 6) is -0.266. The van der Waals surface area contributed by atoms with Gasteiger partial charge in [0.2, 0.25) is 6.41 Å². The maximum absolute atomic E-state index is 12.0. The zero-order valence-corrected chi connectivity index (χ0v) is 5.46. The van der Waals surface area contributed by atoms with Gasteiger partial charge >= 0.3 is 0 Å². The molecule has 0 bridgehead atoms. The highest BCUT2D eigenvalue weighted by atomic mass is 19.1. The summed E-state index contributed by atoms with van der Waals surface area (Å²) in [7, 11) is 0. The van der Waals surface area contributed by atoms with Crippen LogP contribution in [-0.4, -0.2) is 23.9 Å². The molecule has 0 aliphatic heterocycles. The van der Waals surface area contributed by atoms with E-state index in [0.29, 0.717) is 19.3 Å². The fraction of sp³-hybridized carbons (Fsp3) is 0.833. The van der Waals surface area contributed by atoms with Crippen molar-refractivity contribution < 1.29 is 14.3 Å². The van der Waals surface area contributed by atoms with Crippen LogP contribution in [0.5, 0.6) is 0 Å². The van der Waals surface area contributed by atoms with E-state index < -0.39 is 6.36 Å². The van der Waals surface area contributed by atoms with Gasteiger partial charge in [-0.2, -0.15) is 0 Å². The highest BCUT2D eigenvalue weighted by Gasteiger charge is 2.33. The molecule has 0 spiro atoms. The maximum Gasteiger partial charge on any atom is 0.207 e. The van der Waals surface area contributed by atoms with Crippen LogP contribution in [0.15, 0.2) is 0 Å². The van der Waals surface area contributed by atoms with Crippen LogP contribution in [0.4, 0.5) is 4.39 Å². The standard InChI is InChI=1S/C6H10FNO2/c7-6(10)4-1-5(2-4)8-3-9/h3-6,10H,1-2H2,(H,8,9). The van der Waals surface area contributed by atoms with Gasteiger partial charge in [0.05, 0.1) is 0 Å². The molecule has 0 aromatic rings. The lowest BCUT2D eigenvalue weighted by atomic mass is 9.80. The number of hydrogen-bond donors (Lipinski definition) is 2. The van der Waals surface area contributed by atoms with Gasteiger partial charge < -0.3 is 10.4 Å². The first-order chi connectivity index (χ1) is 4.74. The van der Waals surface area contributed by atoms with Gasteiger partial charge in [0.25, 0.3) is 0 Å². The van der Waals surface area contributed by atoms with Crippen LogP contribution in [0.1, 0.15) is 12.8 Å². The van der Waals surface area contributed by atoms with Crippen LogP contribution in [0.25, 0.3) is 0 Å². The lowest BCUT2D eigenvalue weighted by Crippen LogP contribution is -2.43. The van der Waals surface area contributed by atoms with Crippen molar-refractivity contribution in [2.45, 2.75) is 25.2 Å². The van der Waals surface area contributed by atoms with Gasteiger partial charge in [-0.25, -0.2) is 4.39 Å². The van der Waals surface area contributed by atoms with Crippen molar-refractivity contribution >= 4 is 6.41 Å². The van der Waals surface area contributed by atoms with Crippen LogP contribution in [0.3, 0.4) is 0 Å². The van der Waals surface area contributed by atoms with E-state index in [-0.39, 0.29) is 12.0 Å². The van der Waals surface area contributed by atoms with E-state index in [1.807, 2.05) is 0 Å². The third-order valence-electron chi connectivity index (χ3n) is 1.87. The smallest absolute Gasteiger partial charge is 0.207 e. The van der Waals surface area contributed by atoms with Crippen molar-refractivity contribution in [2.75, 3.05) is 0 Å². The summed E-state index contributed by atoms with van der Waals surface area (Å²) < 4.78 is 12.0. The monoisotopic (exact) mass is 147 g/mol. The van der Waals surface area contributed by atoms with Gasteiger partial charge in [0.1, 0.15) is 0 Å². The number of aliphatic hydroxyl groups excluding tert-OH is 1. The number of rotatable bonds is 3. The lowest BCUT2D eigenvalue weighted by molar-refractivity contribution is -0.112. The molecule has 1 aliphatic carbocycles. The molecule has 2 N–H and O–H groups in total. The average molecular weight is 147 g/mol. The Morgan fingerprint density at radius 1 is 1.70 bits per heavy atom. The minimum Gasteiger partial charge on any atom is -0.364 e. The van der Waals surface area contributed by atoms with E-state index >= 15 is 0 Å². The zero-order chi connectivity index (χ0) is 7.56. The number of hydrogen-bond acceptors (Lipinski definition) is 2. The first-order valence-electron chi connectivity index (χ1n) is 3.26. The minimum absolute atomic E-state index is 0.0768. The highest BCUT2D eigenvalue weighted by Crippen LogP contribution is 2.30. The van der Waals surface area contributed by atoms with E-state index in [4.69, 9.17) is 5.11 Å². The fourth-order valence-electron chi connectivity index (χ4n) is 1.12. The molecule has 1 fully saturated rings. The molecule has 10 heavy (non-hydrogen) atoms. The van der Waals surface area contributed by atoms with Crippen molar-refractivity contribution in [3.63, 3.8) is 0 Å². The Morgan fingerprint density at radius 2 is 2.30 bits per heavy atom. The van der Waals surface area contributed by atoms with Gasteiger partial charge in [-0.3, -0.25) is 4.79 Å². The summed E-state index contributed by atoms with van der Waals surface area (Å²) in [5, 5.41) is 10.9. The molecule has 4 heteroatoms. The molecule has 0 saturated heterocycles.